The maximum atomic E-state index is 14.4. The van der Waals surface area contributed by atoms with E-state index < -0.39 is 11.4 Å². The van der Waals surface area contributed by atoms with Crippen LogP contribution in [0.1, 0.15) is 57.0 Å². The lowest BCUT2D eigenvalue weighted by Gasteiger charge is -2.26. The van der Waals surface area contributed by atoms with Crippen molar-refractivity contribution >= 4 is 40.2 Å². The molecule has 0 amide bonds. The van der Waals surface area contributed by atoms with Crippen molar-refractivity contribution in [3.05, 3.63) is 40.6 Å². The number of nitrogens with zero attached hydrogens (tertiary/aromatic N) is 6. The molecule has 33 heavy (non-hydrogen) atoms. The molecule has 3 heterocycles. The minimum Gasteiger partial charge on any atom is -0.389 e. The fraction of sp³-hybridized carbons (Fsp3) is 0.455. The van der Waals surface area contributed by atoms with Gasteiger partial charge in [0.25, 0.3) is 0 Å². The van der Waals surface area contributed by atoms with Crippen LogP contribution in [0.25, 0.3) is 16.7 Å². The normalized spacial score (nSPS) is 15.4. The average molecular weight is 473 g/mol. The minimum atomic E-state index is -0.912. The van der Waals surface area contributed by atoms with Gasteiger partial charge in [-0.3, -0.25) is 0 Å². The number of anilines is 2. The molecular weight excluding hydrogens is 447 g/mol. The zero-order valence-corrected chi connectivity index (χ0v) is 19.7. The maximum Gasteiger partial charge on any atom is 0.230 e. The quantitative estimate of drug-likeness (QED) is 0.372. The molecule has 11 heteroatoms. The third-order valence-electron chi connectivity index (χ3n) is 5.69. The van der Waals surface area contributed by atoms with Crippen LogP contribution in [0.5, 0.6) is 0 Å². The van der Waals surface area contributed by atoms with Crippen molar-refractivity contribution in [1.29, 1.82) is 0 Å². The fourth-order valence-corrected chi connectivity index (χ4v) is 4.14. The maximum absolute atomic E-state index is 14.4. The molecule has 0 bridgehead atoms. The number of likely N-dealkylation sites (N-methyl/N-ethyl adjacent to an activating group) is 1. The van der Waals surface area contributed by atoms with Crippen LogP contribution in [0, 0.1) is 5.82 Å². The lowest BCUT2D eigenvalue weighted by atomic mass is 10.1. The first-order valence-electron chi connectivity index (χ1n) is 10.9. The Hall–Kier alpha value is -2.98. The van der Waals surface area contributed by atoms with Gasteiger partial charge in [-0.15, -0.1) is 0 Å². The van der Waals surface area contributed by atoms with Crippen molar-refractivity contribution in [1.82, 2.24) is 29.5 Å². The van der Waals surface area contributed by atoms with Crippen molar-refractivity contribution in [2.75, 3.05) is 23.8 Å². The van der Waals surface area contributed by atoms with Gasteiger partial charge in [0.2, 0.25) is 11.9 Å². The van der Waals surface area contributed by atoms with Crippen LogP contribution in [0.15, 0.2) is 18.3 Å². The third-order valence-corrected chi connectivity index (χ3v) is 5.98. The number of hydrogen-bond acceptors (Lipinski definition) is 7. The molecule has 1 saturated carbocycles. The molecule has 0 spiro atoms. The van der Waals surface area contributed by atoms with Crippen LogP contribution < -0.4 is 10.2 Å². The standard InChI is InChI=1S/C22H26ClFN8O/c1-11(18-27-15-8-7-14(23)16(24)17(15)28-18)26-21-30-20(31(4)10-22(2,3)33)29-19-13(12-5-6-12)9-25-32(19)21/h7-9,11-12,33H,5-6,10H2,1-4H3,(H,27,28)(H,26,29,30). The Labute approximate surface area is 195 Å². The van der Waals surface area contributed by atoms with Crippen molar-refractivity contribution in [2.24, 2.45) is 0 Å². The second-order valence-corrected chi connectivity index (χ2v) is 9.78. The topological polar surface area (TPSA) is 107 Å². The Balaban J connectivity index is 1.53. The molecule has 4 aromatic rings. The van der Waals surface area contributed by atoms with E-state index in [1.807, 2.05) is 25.1 Å². The van der Waals surface area contributed by atoms with E-state index in [0.29, 0.717) is 35.7 Å². The summed E-state index contributed by atoms with van der Waals surface area (Å²) in [4.78, 5) is 18.8. The third kappa shape index (κ3) is 4.20. The van der Waals surface area contributed by atoms with E-state index in [-0.39, 0.29) is 16.6 Å². The number of fused-ring (bicyclic) bond motifs is 2. The zero-order chi connectivity index (χ0) is 23.5. The number of aromatic amines is 1. The summed E-state index contributed by atoms with van der Waals surface area (Å²) in [6, 6.07) is 2.86. The SMILES string of the molecule is CC(Nc1nc(N(C)CC(C)(C)O)nc2c(C3CC3)cnn12)c1nc2c(F)c(Cl)ccc2[nH]1. The summed E-state index contributed by atoms with van der Waals surface area (Å²) in [6.07, 6.45) is 4.08. The molecular formula is C22H26ClFN8O. The van der Waals surface area contributed by atoms with Crippen LogP contribution in [0.3, 0.4) is 0 Å². The van der Waals surface area contributed by atoms with E-state index in [2.05, 4.69) is 25.4 Å². The zero-order valence-electron chi connectivity index (χ0n) is 18.9. The van der Waals surface area contributed by atoms with Crippen molar-refractivity contribution in [3.63, 3.8) is 0 Å². The number of imidazole rings is 1. The van der Waals surface area contributed by atoms with E-state index >= 15 is 0 Å². The van der Waals surface area contributed by atoms with Gasteiger partial charge in [0.1, 0.15) is 11.3 Å². The van der Waals surface area contributed by atoms with Gasteiger partial charge in [-0.05, 0) is 51.7 Å². The predicted molar refractivity (Wildman–Crippen MR) is 125 cm³/mol. The van der Waals surface area contributed by atoms with E-state index in [1.165, 1.54) is 6.07 Å². The number of rotatable bonds is 7. The number of hydrogen-bond donors (Lipinski definition) is 3. The molecule has 1 aromatic carbocycles. The van der Waals surface area contributed by atoms with Crippen LogP contribution >= 0.6 is 11.6 Å². The fourth-order valence-electron chi connectivity index (χ4n) is 3.98. The highest BCUT2D eigenvalue weighted by Crippen LogP contribution is 2.42. The minimum absolute atomic E-state index is 0.0299. The van der Waals surface area contributed by atoms with Crippen LogP contribution in [-0.4, -0.2) is 53.9 Å². The molecule has 9 nitrogen and oxygen atoms in total. The highest BCUT2D eigenvalue weighted by Gasteiger charge is 2.29. The first kappa shape index (κ1) is 21.8. The molecule has 1 unspecified atom stereocenters. The Morgan fingerprint density at radius 2 is 2.09 bits per heavy atom. The molecule has 3 aromatic heterocycles. The lowest BCUT2D eigenvalue weighted by molar-refractivity contribution is 0.0883. The highest BCUT2D eigenvalue weighted by molar-refractivity contribution is 6.31. The van der Waals surface area contributed by atoms with Gasteiger partial charge in [-0.25, -0.2) is 9.37 Å². The second kappa shape index (κ2) is 7.81. The van der Waals surface area contributed by atoms with E-state index in [1.54, 1.807) is 24.4 Å². The van der Waals surface area contributed by atoms with E-state index in [4.69, 9.17) is 16.6 Å². The summed E-state index contributed by atoms with van der Waals surface area (Å²) >= 11 is 5.90. The van der Waals surface area contributed by atoms with Crippen LogP contribution in [0.4, 0.5) is 16.3 Å². The van der Waals surface area contributed by atoms with E-state index in [9.17, 15) is 9.50 Å². The molecule has 3 N–H and O–H groups in total. The molecule has 0 radical (unpaired) electrons. The molecule has 1 aliphatic rings. The Morgan fingerprint density at radius 3 is 2.79 bits per heavy atom. The summed E-state index contributed by atoms with van der Waals surface area (Å²) in [7, 11) is 1.84. The molecule has 1 aliphatic carbocycles. The summed E-state index contributed by atoms with van der Waals surface area (Å²) in [5, 5.41) is 18.2. The number of nitrogens with one attached hydrogen (secondary N) is 2. The molecule has 174 valence electrons. The number of halogens is 2. The van der Waals surface area contributed by atoms with Crippen LogP contribution in [0.2, 0.25) is 5.02 Å². The monoisotopic (exact) mass is 472 g/mol. The van der Waals surface area contributed by atoms with Gasteiger partial charge < -0.3 is 20.3 Å². The van der Waals surface area contributed by atoms with Gasteiger partial charge >= 0.3 is 0 Å². The lowest BCUT2D eigenvalue weighted by Crippen LogP contribution is -2.37. The number of aromatic nitrogens is 6. The van der Waals surface area contributed by atoms with Gasteiger partial charge in [0.05, 0.1) is 28.4 Å². The Kier molecular flexibility index (Phi) is 5.17. The average Bonchev–Trinajstić information content (AvgIpc) is 3.33. The molecule has 0 saturated heterocycles. The van der Waals surface area contributed by atoms with Crippen molar-refractivity contribution in [2.45, 2.75) is 51.2 Å². The first-order valence-corrected chi connectivity index (χ1v) is 11.3. The molecule has 5 rings (SSSR count). The molecule has 0 aliphatic heterocycles. The summed E-state index contributed by atoms with van der Waals surface area (Å²) in [5.74, 6) is 1.40. The van der Waals surface area contributed by atoms with Gasteiger partial charge in [-0.2, -0.15) is 19.6 Å². The largest absolute Gasteiger partial charge is 0.389 e. The van der Waals surface area contributed by atoms with Gasteiger partial charge in [0.15, 0.2) is 11.5 Å². The number of H-pyrrole nitrogens is 1. The molecule has 1 atom stereocenters. The highest BCUT2D eigenvalue weighted by atomic mass is 35.5. The first-order chi connectivity index (χ1) is 15.6. The Morgan fingerprint density at radius 1 is 1.33 bits per heavy atom. The number of aliphatic hydroxyl groups is 1. The summed E-state index contributed by atoms with van der Waals surface area (Å²) in [6.45, 7) is 5.74. The molecule has 1 fully saturated rings. The smallest absolute Gasteiger partial charge is 0.230 e. The number of benzene rings is 1. The van der Waals surface area contributed by atoms with Crippen LogP contribution in [-0.2, 0) is 0 Å². The van der Waals surface area contributed by atoms with E-state index in [0.717, 1.165) is 24.1 Å². The summed E-state index contributed by atoms with van der Waals surface area (Å²) in [5.41, 5.74) is 1.67. The summed E-state index contributed by atoms with van der Waals surface area (Å²) < 4.78 is 16.1. The van der Waals surface area contributed by atoms with Crippen molar-refractivity contribution in [3.8, 4) is 0 Å². The van der Waals surface area contributed by atoms with Crippen molar-refractivity contribution < 1.29 is 9.50 Å². The predicted octanol–water partition coefficient (Wildman–Crippen LogP) is 4.05. The van der Waals surface area contributed by atoms with Gasteiger partial charge in [-0.1, -0.05) is 11.6 Å². The van der Waals surface area contributed by atoms with Gasteiger partial charge in [0, 0.05) is 19.2 Å². The second-order valence-electron chi connectivity index (χ2n) is 9.37. The Bertz CT molecular complexity index is 1340.